The number of aromatic nitrogens is 2. The van der Waals surface area contributed by atoms with E-state index in [1.807, 2.05) is 12.4 Å². The first-order valence-corrected chi connectivity index (χ1v) is 6.50. The first-order valence-electron chi connectivity index (χ1n) is 6.50. The third kappa shape index (κ3) is 1.40. The Morgan fingerprint density at radius 1 is 0.842 bits per heavy atom. The zero-order valence-corrected chi connectivity index (χ0v) is 11.0. The second kappa shape index (κ2) is 3.58. The first kappa shape index (κ1) is 10.6. The van der Waals surface area contributed by atoms with Crippen LogP contribution in [-0.4, -0.2) is 9.38 Å². The Balaban J connectivity index is 2.41. The molecule has 0 N–H and O–H groups in total. The van der Waals surface area contributed by atoms with E-state index in [9.17, 15) is 0 Å². The molecule has 0 spiro atoms. The van der Waals surface area contributed by atoms with Crippen molar-refractivity contribution in [3.63, 3.8) is 0 Å². The summed E-state index contributed by atoms with van der Waals surface area (Å²) in [6, 6.07) is 13.2. The van der Waals surface area contributed by atoms with Crippen LogP contribution in [0.25, 0.3) is 27.3 Å². The van der Waals surface area contributed by atoms with Gasteiger partial charge in [-0.3, -0.25) is 4.40 Å². The lowest BCUT2D eigenvalue weighted by Gasteiger charge is -2.09. The smallest absolute Gasteiger partial charge is 0.145 e. The fourth-order valence-electron chi connectivity index (χ4n) is 2.85. The number of pyridine rings is 1. The van der Waals surface area contributed by atoms with E-state index in [4.69, 9.17) is 0 Å². The van der Waals surface area contributed by atoms with Gasteiger partial charge in [0.25, 0.3) is 0 Å². The SMILES string of the molecule is Cc1ccc2c(c1)c1cc(C)ccc1n1ccnc21. The van der Waals surface area contributed by atoms with E-state index in [0.717, 1.165) is 5.65 Å². The van der Waals surface area contributed by atoms with Crippen molar-refractivity contribution < 1.29 is 0 Å². The summed E-state index contributed by atoms with van der Waals surface area (Å²) in [4.78, 5) is 4.51. The molecule has 2 aromatic carbocycles. The van der Waals surface area contributed by atoms with Crippen molar-refractivity contribution in [1.29, 1.82) is 0 Å². The maximum absolute atomic E-state index is 4.51. The molecule has 4 rings (SSSR count). The minimum Gasteiger partial charge on any atom is -0.299 e. The third-order valence-corrected chi connectivity index (χ3v) is 3.76. The molecule has 0 aliphatic heterocycles. The Morgan fingerprint density at radius 2 is 1.58 bits per heavy atom. The summed E-state index contributed by atoms with van der Waals surface area (Å²) in [6.07, 6.45) is 3.90. The summed E-state index contributed by atoms with van der Waals surface area (Å²) in [7, 11) is 0. The zero-order valence-electron chi connectivity index (χ0n) is 11.0. The van der Waals surface area contributed by atoms with Gasteiger partial charge in [-0.15, -0.1) is 0 Å². The van der Waals surface area contributed by atoms with Crippen molar-refractivity contribution in [2.45, 2.75) is 13.8 Å². The van der Waals surface area contributed by atoms with Gasteiger partial charge in [-0.25, -0.2) is 4.98 Å². The highest BCUT2D eigenvalue weighted by Gasteiger charge is 2.09. The van der Waals surface area contributed by atoms with Gasteiger partial charge < -0.3 is 0 Å². The second-order valence-electron chi connectivity index (χ2n) is 5.19. The van der Waals surface area contributed by atoms with Crippen molar-refractivity contribution in [3.05, 3.63) is 59.9 Å². The van der Waals surface area contributed by atoms with Crippen LogP contribution in [0.4, 0.5) is 0 Å². The predicted octanol–water partition coefficient (Wildman–Crippen LogP) is 4.26. The molecule has 0 radical (unpaired) electrons. The van der Waals surface area contributed by atoms with Gasteiger partial charge in [0.15, 0.2) is 0 Å². The van der Waals surface area contributed by atoms with Crippen molar-refractivity contribution in [2.75, 3.05) is 0 Å². The molecule has 0 aliphatic rings. The average molecular weight is 246 g/mol. The van der Waals surface area contributed by atoms with Gasteiger partial charge in [0.1, 0.15) is 5.65 Å². The van der Waals surface area contributed by atoms with E-state index < -0.39 is 0 Å². The van der Waals surface area contributed by atoms with Crippen LogP contribution in [0.15, 0.2) is 48.8 Å². The van der Waals surface area contributed by atoms with Gasteiger partial charge in [-0.1, -0.05) is 35.4 Å². The molecule has 0 saturated heterocycles. The molecule has 2 heterocycles. The molecule has 2 heteroatoms. The van der Waals surface area contributed by atoms with E-state index in [0.29, 0.717) is 0 Å². The molecule has 0 bridgehead atoms. The highest BCUT2D eigenvalue weighted by Crippen LogP contribution is 2.30. The van der Waals surface area contributed by atoms with Crippen LogP contribution < -0.4 is 0 Å². The molecule has 2 nitrogen and oxygen atoms in total. The maximum Gasteiger partial charge on any atom is 0.145 e. The second-order valence-corrected chi connectivity index (χ2v) is 5.19. The molecule has 4 aromatic rings. The van der Waals surface area contributed by atoms with Crippen molar-refractivity contribution in [1.82, 2.24) is 9.38 Å². The summed E-state index contributed by atoms with van der Waals surface area (Å²) >= 11 is 0. The van der Waals surface area contributed by atoms with Crippen LogP contribution in [-0.2, 0) is 0 Å². The number of benzene rings is 2. The van der Waals surface area contributed by atoms with Crippen LogP contribution in [0.5, 0.6) is 0 Å². The fraction of sp³-hybridized carbons (Fsp3) is 0.118. The summed E-state index contributed by atoms with van der Waals surface area (Å²) in [5.41, 5.74) is 4.82. The molecule has 0 atom stereocenters. The lowest BCUT2D eigenvalue weighted by atomic mass is 10.0. The number of fused-ring (bicyclic) bond motifs is 6. The highest BCUT2D eigenvalue weighted by atomic mass is 15.0. The van der Waals surface area contributed by atoms with Gasteiger partial charge in [-0.2, -0.15) is 0 Å². The quantitative estimate of drug-likeness (QED) is 0.424. The number of hydrogen-bond acceptors (Lipinski definition) is 1. The molecule has 0 unspecified atom stereocenters. The van der Waals surface area contributed by atoms with Gasteiger partial charge in [0.2, 0.25) is 0 Å². The standard InChI is InChI=1S/C17H14N2/c1-11-3-5-13-14(9-11)15-10-12(2)4-6-16(15)19-8-7-18-17(13)19/h3-10H,1-2H3. The van der Waals surface area contributed by atoms with Crippen molar-refractivity contribution in [3.8, 4) is 0 Å². The minimum atomic E-state index is 1.03. The van der Waals surface area contributed by atoms with E-state index >= 15 is 0 Å². The normalized spacial score (nSPS) is 11.7. The maximum atomic E-state index is 4.51. The lowest BCUT2D eigenvalue weighted by molar-refractivity contribution is 1.27. The lowest BCUT2D eigenvalue weighted by Crippen LogP contribution is -1.91. The van der Waals surface area contributed by atoms with Gasteiger partial charge in [0, 0.05) is 23.2 Å². The van der Waals surface area contributed by atoms with Crippen LogP contribution in [0.1, 0.15) is 11.1 Å². The Bertz CT molecular complexity index is 856. The number of aryl methyl sites for hydroxylation is 2. The molecule has 0 amide bonds. The van der Waals surface area contributed by atoms with Gasteiger partial charge in [0.05, 0.1) is 5.52 Å². The molecule has 2 aromatic heterocycles. The number of hydrogen-bond donors (Lipinski definition) is 0. The summed E-state index contributed by atoms with van der Waals surface area (Å²) in [5, 5.41) is 3.80. The number of imidazole rings is 1. The largest absolute Gasteiger partial charge is 0.299 e. The Hall–Kier alpha value is -2.35. The molecular formula is C17H14N2. The van der Waals surface area contributed by atoms with Crippen molar-refractivity contribution in [2.24, 2.45) is 0 Å². The van der Waals surface area contributed by atoms with Crippen LogP contribution in [0.3, 0.4) is 0 Å². The minimum absolute atomic E-state index is 1.03. The summed E-state index contributed by atoms with van der Waals surface area (Å²) < 4.78 is 2.17. The Labute approximate surface area is 111 Å². The van der Waals surface area contributed by atoms with E-state index in [-0.39, 0.29) is 0 Å². The number of rotatable bonds is 0. The molecule has 92 valence electrons. The number of nitrogens with zero attached hydrogens (tertiary/aromatic N) is 2. The van der Waals surface area contributed by atoms with Crippen LogP contribution in [0.2, 0.25) is 0 Å². The third-order valence-electron chi connectivity index (χ3n) is 3.76. The molecule has 19 heavy (non-hydrogen) atoms. The predicted molar refractivity (Wildman–Crippen MR) is 79.7 cm³/mol. The van der Waals surface area contributed by atoms with E-state index in [1.165, 1.54) is 32.8 Å². The Morgan fingerprint density at radius 3 is 2.42 bits per heavy atom. The topological polar surface area (TPSA) is 17.3 Å². The first-order chi connectivity index (χ1) is 9.24. The van der Waals surface area contributed by atoms with Crippen molar-refractivity contribution >= 4 is 27.3 Å². The Kier molecular flexibility index (Phi) is 1.99. The molecule has 0 aliphatic carbocycles. The molecule has 0 fully saturated rings. The summed E-state index contributed by atoms with van der Waals surface area (Å²) in [5.74, 6) is 0. The van der Waals surface area contributed by atoms with Gasteiger partial charge >= 0.3 is 0 Å². The zero-order chi connectivity index (χ0) is 13.0. The summed E-state index contributed by atoms with van der Waals surface area (Å²) in [6.45, 7) is 4.27. The average Bonchev–Trinajstić information content (AvgIpc) is 2.88. The molecule has 0 saturated carbocycles. The highest BCUT2D eigenvalue weighted by molar-refractivity contribution is 6.11. The molecular weight excluding hydrogens is 232 g/mol. The fourth-order valence-corrected chi connectivity index (χ4v) is 2.85. The van der Waals surface area contributed by atoms with Crippen LogP contribution >= 0.6 is 0 Å². The van der Waals surface area contributed by atoms with E-state index in [2.05, 4.69) is 59.6 Å². The van der Waals surface area contributed by atoms with Gasteiger partial charge in [-0.05, 0) is 31.4 Å². The monoisotopic (exact) mass is 246 g/mol. The van der Waals surface area contributed by atoms with E-state index in [1.54, 1.807) is 0 Å². The van der Waals surface area contributed by atoms with Crippen LogP contribution in [0, 0.1) is 13.8 Å².